The number of alkyl carbamates (subject to hydrolysis) is 1. The number of ether oxygens (including phenoxy) is 2. The Kier molecular flexibility index (Phi) is 4.49. The molecule has 1 aliphatic heterocycles. The van der Waals surface area contributed by atoms with Crippen LogP contribution in [-0.4, -0.2) is 30.0 Å². The van der Waals surface area contributed by atoms with Crippen molar-refractivity contribution in [2.75, 3.05) is 6.61 Å². The van der Waals surface area contributed by atoms with Crippen molar-refractivity contribution >= 4 is 23.5 Å². The first-order valence-corrected chi connectivity index (χ1v) is 7.16. The number of carbonyl (C=O) groups excluding carboxylic acids is 2. The number of hydrogen-bond acceptors (Lipinski definition) is 5. The summed E-state index contributed by atoms with van der Waals surface area (Å²) in [6.07, 6.45) is -0.597. The molecule has 2 rings (SSSR count). The fourth-order valence-electron chi connectivity index (χ4n) is 2.11. The number of rotatable bonds is 3. The van der Waals surface area contributed by atoms with Crippen LogP contribution in [0.3, 0.4) is 0 Å². The molecule has 6 nitrogen and oxygen atoms in total. The van der Waals surface area contributed by atoms with Gasteiger partial charge >= 0.3 is 12.1 Å². The maximum atomic E-state index is 12.3. The van der Waals surface area contributed by atoms with Crippen molar-refractivity contribution in [3.63, 3.8) is 0 Å². The molecule has 1 amide bonds. The number of hydrogen-bond donors (Lipinski definition) is 1. The van der Waals surface area contributed by atoms with E-state index in [-0.39, 0.29) is 12.3 Å². The smallest absolute Gasteiger partial charge is 0.407 e. The van der Waals surface area contributed by atoms with E-state index in [4.69, 9.17) is 9.47 Å². The largest absolute Gasteiger partial charge is 0.455 e. The topological polar surface area (TPSA) is 77.0 Å². The monoisotopic (exact) mass is 304 g/mol. The van der Waals surface area contributed by atoms with Crippen molar-refractivity contribution in [3.8, 4) is 0 Å². The molecule has 1 atom stereocenters. The molecular formula is C16H20N2O4. The summed E-state index contributed by atoms with van der Waals surface area (Å²) in [5.41, 5.74) is 0.911. The van der Waals surface area contributed by atoms with E-state index in [2.05, 4.69) is 10.3 Å². The van der Waals surface area contributed by atoms with Crippen LogP contribution >= 0.6 is 0 Å². The molecule has 0 bridgehead atoms. The second-order valence-corrected chi connectivity index (χ2v) is 5.86. The average Bonchev–Trinajstić information content (AvgIpc) is 2.76. The van der Waals surface area contributed by atoms with Gasteiger partial charge in [-0.2, -0.15) is 0 Å². The zero-order valence-corrected chi connectivity index (χ0v) is 13.2. The summed E-state index contributed by atoms with van der Waals surface area (Å²) in [5.74, 6) is -0.550. The van der Waals surface area contributed by atoms with Crippen molar-refractivity contribution in [1.29, 1.82) is 0 Å². The number of nitrogens with one attached hydrogen (secondary N) is 1. The Morgan fingerprint density at radius 3 is 2.59 bits per heavy atom. The molecule has 1 aromatic rings. The van der Waals surface area contributed by atoms with Gasteiger partial charge in [-0.1, -0.05) is 18.2 Å². The Labute approximate surface area is 129 Å². The third-order valence-corrected chi connectivity index (χ3v) is 2.91. The molecule has 118 valence electrons. The lowest BCUT2D eigenvalue weighted by Gasteiger charge is -2.21. The molecule has 0 aromatic heterocycles. The molecule has 1 heterocycles. The summed E-state index contributed by atoms with van der Waals surface area (Å²) in [5, 5.41) is 2.66. The Bertz CT molecular complexity index is 617. The molecule has 0 saturated carbocycles. The third kappa shape index (κ3) is 3.63. The Morgan fingerprint density at radius 1 is 1.27 bits per heavy atom. The van der Waals surface area contributed by atoms with Gasteiger partial charge in [0.15, 0.2) is 5.71 Å². The van der Waals surface area contributed by atoms with E-state index in [0.717, 1.165) is 5.56 Å². The van der Waals surface area contributed by atoms with Crippen LogP contribution in [0.25, 0.3) is 0 Å². The standard InChI is InChI=1S/C16H20N2O4/c1-5-21-15(20)18-12-10-8-6-7-9-11(10)17-13(12)14(19)22-16(2,3)4/h6-9,12H,5H2,1-4H3,(H,18,20). The van der Waals surface area contributed by atoms with Gasteiger partial charge in [0.25, 0.3) is 0 Å². The van der Waals surface area contributed by atoms with Crippen LogP contribution in [0.2, 0.25) is 0 Å². The first kappa shape index (κ1) is 16.0. The second-order valence-electron chi connectivity index (χ2n) is 5.86. The van der Waals surface area contributed by atoms with Gasteiger partial charge in [0.05, 0.1) is 12.3 Å². The summed E-state index contributed by atoms with van der Waals surface area (Å²) in [4.78, 5) is 28.4. The number of fused-ring (bicyclic) bond motifs is 1. The lowest BCUT2D eigenvalue weighted by atomic mass is 10.0. The number of para-hydroxylation sites is 1. The van der Waals surface area contributed by atoms with E-state index in [9.17, 15) is 9.59 Å². The third-order valence-electron chi connectivity index (χ3n) is 2.91. The van der Waals surface area contributed by atoms with Crippen LogP contribution in [0, 0.1) is 0 Å². The molecule has 0 spiro atoms. The van der Waals surface area contributed by atoms with Gasteiger partial charge in [0.1, 0.15) is 11.6 Å². The molecule has 22 heavy (non-hydrogen) atoms. The average molecular weight is 304 g/mol. The van der Waals surface area contributed by atoms with Crippen LogP contribution < -0.4 is 5.32 Å². The molecule has 1 unspecified atom stereocenters. The van der Waals surface area contributed by atoms with Crippen molar-refractivity contribution in [2.45, 2.75) is 39.3 Å². The van der Waals surface area contributed by atoms with Gasteiger partial charge in [0, 0.05) is 5.56 Å². The van der Waals surface area contributed by atoms with Crippen molar-refractivity contribution in [2.24, 2.45) is 4.99 Å². The maximum Gasteiger partial charge on any atom is 0.407 e. The summed E-state index contributed by atoms with van der Waals surface area (Å²) in [7, 11) is 0. The number of esters is 1. The minimum atomic E-state index is -0.662. The lowest BCUT2D eigenvalue weighted by Crippen LogP contribution is -2.38. The number of nitrogens with zero attached hydrogens (tertiary/aromatic N) is 1. The van der Waals surface area contributed by atoms with Crippen LogP contribution in [0.15, 0.2) is 29.3 Å². The van der Waals surface area contributed by atoms with E-state index in [0.29, 0.717) is 5.69 Å². The van der Waals surface area contributed by atoms with Gasteiger partial charge in [-0.05, 0) is 33.8 Å². The van der Waals surface area contributed by atoms with Crippen LogP contribution in [0.1, 0.15) is 39.3 Å². The minimum Gasteiger partial charge on any atom is -0.455 e. The van der Waals surface area contributed by atoms with Gasteiger partial charge < -0.3 is 14.8 Å². The van der Waals surface area contributed by atoms with Crippen molar-refractivity contribution in [1.82, 2.24) is 5.32 Å². The molecule has 0 saturated heterocycles. The normalized spacial score (nSPS) is 16.5. The number of carbonyl (C=O) groups is 2. The van der Waals surface area contributed by atoms with Gasteiger partial charge in [-0.25, -0.2) is 14.6 Å². The highest BCUT2D eigenvalue weighted by Gasteiger charge is 2.35. The van der Waals surface area contributed by atoms with Gasteiger partial charge in [0.2, 0.25) is 0 Å². The number of aliphatic imine (C=N–C) groups is 1. The molecule has 6 heteroatoms. The molecular weight excluding hydrogens is 284 g/mol. The predicted molar refractivity (Wildman–Crippen MR) is 82.3 cm³/mol. The van der Waals surface area contributed by atoms with E-state index in [1.165, 1.54) is 0 Å². The Hall–Kier alpha value is -2.37. The molecule has 0 radical (unpaired) electrons. The number of amides is 1. The highest BCUT2D eigenvalue weighted by atomic mass is 16.6. The molecule has 0 fully saturated rings. The van der Waals surface area contributed by atoms with E-state index < -0.39 is 23.7 Å². The molecule has 1 aliphatic rings. The Morgan fingerprint density at radius 2 is 1.95 bits per heavy atom. The highest BCUT2D eigenvalue weighted by molar-refractivity contribution is 6.40. The first-order chi connectivity index (χ1) is 10.3. The quantitative estimate of drug-likeness (QED) is 0.871. The zero-order chi connectivity index (χ0) is 16.3. The van der Waals surface area contributed by atoms with E-state index >= 15 is 0 Å². The zero-order valence-electron chi connectivity index (χ0n) is 13.2. The SMILES string of the molecule is CCOC(=O)NC1C(C(=O)OC(C)(C)C)=Nc2ccccc21. The fraction of sp³-hybridized carbons (Fsp3) is 0.438. The van der Waals surface area contributed by atoms with Crippen molar-refractivity contribution in [3.05, 3.63) is 29.8 Å². The van der Waals surface area contributed by atoms with Crippen molar-refractivity contribution < 1.29 is 19.1 Å². The van der Waals surface area contributed by atoms with E-state index in [1.807, 2.05) is 18.2 Å². The molecule has 1 N–H and O–H groups in total. The summed E-state index contributed by atoms with van der Waals surface area (Å²) >= 11 is 0. The van der Waals surface area contributed by atoms with Crippen LogP contribution in [0.4, 0.5) is 10.5 Å². The van der Waals surface area contributed by atoms with Crippen LogP contribution in [0.5, 0.6) is 0 Å². The summed E-state index contributed by atoms with van der Waals surface area (Å²) in [6, 6.07) is 6.58. The summed E-state index contributed by atoms with van der Waals surface area (Å²) < 4.78 is 10.3. The summed E-state index contributed by atoms with van der Waals surface area (Å²) in [6.45, 7) is 7.30. The fourth-order valence-corrected chi connectivity index (χ4v) is 2.11. The molecule has 1 aromatic carbocycles. The Balaban J connectivity index is 2.27. The van der Waals surface area contributed by atoms with Gasteiger partial charge in [-0.3, -0.25) is 0 Å². The first-order valence-electron chi connectivity index (χ1n) is 7.16. The van der Waals surface area contributed by atoms with Crippen LogP contribution in [-0.2, 0) is 14.3 Å². The van der Waals surface area contributed by atoms with Gasteiger partial charge in [-0.15, -0.1) is 0 Å². The van der Waals surface area contributed by atoms with E-state index in [1.54, 1.807) is 33.8 Å². The maximum absolute atomic E-state index is 12.3. The minimum absolute atomic E-state index is 0.157. The second kappa shape index (κ2) is 6.17. The lowest BCUT2D eigenvalue weighted by molar-refractivity contribution is -0.146. The molecule has 0 aliphatic carbocycles. The predicted octanol–water partition coefficient (Wildman–Crippen LogP) is 2.90. The number of benzene rings is 1. The highest BCUT2D eigenvalue weighted by Crippen LogP contribution is 2.34.